The number of aromatic carboxylic acids is 1. The van der Waals surface area contributed by atoms with Crippen molar-refractivity contribution in [3.05, 3.63) is 52.8 Å². The maximum Gasteiger partial charge on any atom is 0.354 e. The third kappa shape index (κ3) is 2.79. The normalized spacial score (nSPS) is 13.5. The SMILES string of the molecule is O=C(O)c1ncc(Oc2cccc(CF)c2)c2c1CCCC2. The lowest BCUT2D eigenvalue weighted by Crippen LogP contribution is -2.13. The fraction of sp³-hybridized carbons (Fsp3) is 0.294. The van der Waals surface area contributed by atoms with E-state index in [0.717, 1.165) is 30.4 Å². The van der Waals surface area contributed by atoms with Crippen molar-refractivity contribution in [2.75, 3.05) is 0 Å². The fourth-order valence-electron chi connectivity index (χ4n) is 2.81. The van der Waals surface area contributed by atoms with Gasteiger partial charge in [0.15, 0.2) is 5.69 Å². The summed E-state index contributed by atoms with van der Waals surface area (Å²) in [6, 6.07) is 6.81. The number of nitrogens with zero attached hydrogens (tertiary/aromatic N) is 1. The van der Waals surface area contributed by atoms with Gasteiger partial charge >= 0.3 is 5.97 Å². The largest absolute Gasteiger partial charge is 0.477 e. The van der Waals surface area contributed by atoms with Crippen LogP contribution in [0.3, 0.4) is 0 Å². The van der Waals surface area contributed by atoms with Crippen LogP contribution in [0.1, 0.15) is 40.0 Å². The van der Waals surface area contributed by atoms with Crippen LogP contribution in [0.4, 0.5) is 4.39 Å². The average molecular weight is 301 g/mol. The number of aromatic nitrogens is 1. The zero-order valence-electron chi connectivity index (χ0n) is 12.0. The van der Waals surface area contributed by atoms with Crippen molar-refractivity contribution in [2.45, 2.75) is 32.4 Å². The number of pyridine rings is 1. The van der Waals surface area contributed by atoms with E-state index in [1.165, 1.54) is 6.20 Å². The van der Waals surface area contributed by atoms with Crippen molar-refractivity contribution >= 4 is 5.97 Å². The fourth-order valence-corrected chi connectivity index (χ4v) is 2.81. The second-order valence-electron chi connectivity index (χ2n) is 5.32. The molecule has 1 aromatic heterocycles. The highest BCUT2D eigenvalue weighted by molar-refractivity contribution is 5.88. The number of halogens is 1. The standard InChI is InChI=1S/C17H16FNO3/c18-9-11-4-3-5-12(8-11)22-15-10-19-16(17(20)21)14-7-2-1-6-13(14)15/h3-5,8,10H,1-2,6-7,9H2,(H,20,21). The molecule has 22 heavy (non-hydrogen) atoms. The third-order valence-corrected chi connectivity index (χ3v) is 3.85. The molecular weight excluding hydrogens is 285 g/mol. The summed E-state index contributed by atoms with van der Waals surface area (Å²) in [6.45, 7) is -0.550. The Morgan fingerprint density at radius 2 is 2.05 bits per heavy atom. The summed E-state index contributed by atoms with van der Waals surface area (Å²) >= 11 is 0. The van der Waals surface area contributed by atoms with Crippen LogP contribution in [0.15, 0.2) is 30.5 Å². The van der Waals surface area contributed by atoms with Gasteiger partial charge in [0.05, 0.1) is 6.20 Å². The second kappa shape index (κ2) is 6.13. The third-order valence-electron chi connectivity index (χ3n) is 3.85. The van der Waals surface area contributed by atoms with E-state index in [1.54, 1.807) is 24.3 Å². The van der Waals surface area contributed by atoms with Gasteiger partial charge in [0.1, 0.15) is 18.2 Å². The predicted octanol–water partition coefficient (Wildman–Crippen LogP) is 3.92. The highest BCUT2D eigenvalue weighted by atomic mass is 19.1. The molecule has 0 spiro atoms. The van der Waals surface area contributed by atoms with E-state index in [0.29, 0.717) is 23.5 Å². The van der Waals surface area contributed by atoms with E-state index in [1.807, 2.05) is 0 Å². The minimum Gasteiger partial charge on any atom is -0.477 e. The number of hydrogen-bond donors (Lipinski definition) is 1. The molecule has 0 unspecified atom stereocenters. The Bertz CT molecular complexity index is 715. The van der Waals surface area contributed by atoms with E-state index in [9.17, 15) is 14.3 Å². The molecule has 0 radical (unpaired) electrons. The first-order valence-electron chi connectivity index (χ1n) is 7.26. The molecule has 5 heteroatoms. The Hall–Kier alpha value is -2.43. The molecule has 1 aromatic carbocycles. The number of hydrogen-bond acceptors (Lipinski definition) is 3. The second-order valence-corrected chi connectivity index (χ2v) is 5.32. The summed E-state index contributed by atoms with van der Waals surface area (Å²) in [5.41, 5.74) is 2.32. The lowest BCUT2D eigenvalue weighted by molar-refractivity contribution is 0.0688. The quantitative estimate of drug-likeness (QED) is 0.929. The number of alkyl halides is 1. The van der Waals surface area contributed by atoms with Gasteiger partial charge in [-0.2, -0.15) is 0 Å². The summed E-state index contributed by atoms with van der Waals surface area (Å²) in [5.74, 6) is 0.0904. The molecule has 0 fully saturated rings. The molecule has 1 N–H and O–H groups in total. The minimum absolute atomic E-state index is 0.111. The zero-order valence-corrected chi connectivity index (χ0v) is 12.0. The van der Waals surface area contributed by atoms with E-state index >= 15 is 0 Å². The van der Waals surface area contributed by atoms with E-state index in [2.05, 4.69) is 4.98 Å². The zero-order chi connectivity index (χ0) is 15.5. The molecule has 1 heterocycles. The molecule has 114 valence electrons. The smallest absolute Gasteiger partial charge is 0.354 e. The lowest BCUT2D eigenvalue weighted by atomic mass is 9.90. The Morgan fingerprint density at radius 3 is 2.77 bits per heavy atom. The molecule has 2 aromatic rings. The van der Waals surface area contributed by atoms with Crippen molar-refractivity contribution in [1.82, 2.24) is 4.98 Å². The van der Waals surface area contributed by atoms with Gasteiger partial charge in [-0.25, -0.2) is 14.2 Å². The molecule has 1 aliphatic rings. The average Bonchev–Trinajstić information content (AvgIpc) is 2.55. The predicted molar refractivity (Wildman–Crippen MR) is 79.2 cm³/mol. The van der Waals surface area contributed by atoms with Crippen LogP contribution in [0.25, 0.3) is 0 Å². The van der Waals surface area contributed by atoms with Crippen LogP contribution in [-0.4, -0.2) is 16.1 Å². The molecule has 0 bridgehead atoms. The van der Waals surface area contributed by atoms with Crippen molar-refractivity contribution in [1.29, 1.82) is 0 Å². The summed E-state index contributed by atoms with van der Waals surface area (Å²) in [6.07, 6.45) is 4.88. The number of fused-ring (bicyclic) bond motifs is 1. The highest BCUT2D eigenvalue weighted by Crippen LogP contribution is 2.34. The van der Waals surface area contributed by atoms with Gasteiger partial charge in [-0.15, -0.1) is 0 Å². The maximum absolute atomic E-state index is 12.7. The summed E-state index contributed by atoms with van der Waals surface area (Å²) < 4.78 is 18.6. The van der Waals surface area contributed by atoms with Crippen LogP contribution >= 0.6 is 0 Å². The van der Waals surface area contributed by atoms with Crippen LogP contribution < -0.4 is 4.74 Å². The Morgan fingerprint density at radius 1 is 1.27 bits per heavy atom. The Kier molecular flexibility index (Phi) is 4.04. The minimum atomic E-state index is -1.01. The number of benzene rings is 1. The Balaban J connectivity index is 1.98. The van der Waals surface area contributed by atoms with Gasteiger partial charge < -0.3 is 9.84 Å². The molecule has 4 nitrogen and oxygen atoms in total. The first-order chi connectivity index (χ1) is 10.7. The van der Waals surface area contributed by atoms with Gasteiger partial charge in [0.25, 0.3) is 0 Å². The molecule has 1 aliphatic carbocycles. The van der Waals surface area contributed by atoms with Gasteiger partial charge in [0.2, 0.25) is 0 Å². The van der Waals surface area contributed by atoms with E-state index in [-0.39, 0.29) is 5.69 Å². The van der Waals surface area contributed by atoms with Crippen molar-refractivity contribution in [3.63, 3.8) is 0 Å². The monoisotopic (exact) mass is 301 g/mol. The van der Waals surface area contributed by atoms with Gasteiger partial charge in [-0.05, 0) is 48.9 Å². The van der Waals surface area contributed by atoms with Crippen molar-refractivity contribution in [2.24, 2.45) is 0 Å². The number of rotatable bonds is 4. The summed E-state index contributed by atoms with van der Waals surface area (Å²) in [4.78, 5) is 15.3. The molecule has 0 aliphatic heterocycles. The maximum atomic E-state index is 12.7. The number of carbonyl (C=O) groups is 1. The summed E-state index contributed by atoms with van der Waals surface area (Å²) in [5, 5.41) is 9.24. The first-order valence-corrected chi connectivity index (χ1v) is 7.26. The van der Waals surface area contributed by atoms with Crippen molar-refractivity contribution < 1.29 is 19.0 Å². The molecule has 3 rings (SSSR count). The topological polar surface area (TPSA) is 59.4 Å². The first kappa shape index (κ1) is 14.5. The molecule has 0 amide bonds. The molecule has 0 saturated heterocycles. The molecular formula is C17H16FNO3. The number of carboxylic acid groups (broad SMARTS) is 1. The van der Waals surface area contributed by atoms with E-state index < -0.39 is 12.6 Å². The van der Waals surface area contributed by atoms with Crippen LogP contribution in [0.2, 0.25) is 0 Å². The highest BCUT2D eigenvalue weighted by Gasteiger charge is 2.22. The van der Waals surface area contributed by atoms with Crippen LogP contribution in [0.5, 0.6) is 11.5 Å². The van der Waals surface area contributed by atoms with Gasteiger partial charge in [0, 0.05) is 5.56 Å². The van der Waals surface area contributed by atoms with E-state index in [4.69, 9.17) is 4.74 Å². The van der Waals surface area contributed by atoms with Crippen molar-refractivity contribution in [3.8, 4) is 11.5 Å². The Labute approximate surface area is 127 Å². The van der Waals surface area contributed by atoms with Crippen LogP contribution in [-0.2, 0) is 19.5 Å². The number of ether oxygens (including phenoxy) is 1. The summed E-state index contributed by atoms with van der Waals surface area (Å²) in [7, 11) is 0. The van der Waals surface area contributed by atoms with Crippen LogP contribution in [0, 0.1) is 0 Å². The molecule has 0 saturated carbocycles. The lowest BCUT2D eigenvalue weighted by Gasteiger charge is -2.20. The molecule has 0 atom stereocenters. The number of carboxylic acids is 1. The van der Waals surface area contributed by atoms with Gasteiger partial charge in [-0.3, -0.25) is 0 Å². The van der Waals surface area contributed by atoms with Gasteiger partial charge in [-0.1, -0.05) is 12.1 Å².